The third-order valence-electron chi connectivity index (χ3n) is 7.35. The Kier molecular flexibility index (Phi) is 4.87. The normalized spacial score (nSPS) is 26.5. The SMILES string of the molecule is NC(=O)c1nn(CC(=O)N2C3C[C@@H]3C[C@H]2C(=O)NC2CC2c2ccc(F)cc2F)c2ccccc12. The van der Waals surface area contributed by atoms with Crippen LogP contribution in [-0.2, 0) is 16.1 Å². The molecule has 1 aliphatic heterocycles. The molecule has 8 nitrogen and oxygen atoms in total. The van der Waals surface area contributed by atoms with Gasteiger partial charge in [-0.25, -0.2) is 8.78 Å². The fourth-order valence-electron chi connectivity index (χ4n) is 5.47. The fraction of sp³-hybridized carbons (Fsp3) is 0.360. The quantitative estimate of drug-likeness (QED) is 0.564. The zero-order valence-corrected chi connectivity index (χ0v) is 18.7. The van der Waals surface area contributed by atoms with Crippen LogP contribution in [0, 0.1) is 17.6 Å². The van der Waals surface area contributed by atoms with Gasteiger partial charge in [-0.1, -0.05) is 24.3 Å². The van der Waals surface area contributed by atoms with E-state index in [1.54, 1.807) is 29.2 Å². The van der Waals surface area contributed by atoms with Gasteiger partial charge in [0.1, 0.15) is 24.2 Å². The molecule has 3 fully saturated rings. The van der Waals surface area contributed by atoms with Gasteiger partial charge in [-0.3, -0.25) is 19.1 Å². The van der Waals surface area contributed by atoms with Gasteiger partial charge in [-0.15, -0.1) is 0 Å². The number of benzene rings is 2. The molecule has 180 valence electrons. The Labute approximate surface area is 199 Å². The molecule has 3 aliphatic rings. The van der Waals surface area contributed by atoms with Gasteiger partial charge < -0.3 is 16.0 Å². The Bertz CT molecular complexity index is 1390. The highest BCUT2D eigenvalue weighted by Gasteiger charge is 2.56. The molecule has 2 aliphatic carbocycles. The Hall–Kier alpha value is -3.82. The molecule has 6 rings (SSSR count). The highest BCUT2D eigenvalue weighted by atomic mass is 19.1. The summed E-state index contributed by atoms with van der Waals surface area (Å²) >= 11 is 0. The van der Waals surface area contributed by atoms with Crippen molar-refractivity contribution in [3.05, 3.63) is 65.4 Å². The molecule has 3 amide bonds. The number of halogens is 2. The lowest BCUT2D eigenvalue weighted by Gasteiger charge is -2.27. The third-order valence-corrected chi connectivity index (χ3v) is 7.35. The highest BCUT2D eigenvalue weighted by molar-refractivity contribution is 6.04. The minimum absolute atomic E-state index is 0.0141. The van der Waals surface area contributed by atoms with E-state index in [0.717, 1.165) is 12.5 Å². The minimum atomic E-state index is -0.676. The van der Waals surface area contributed by atoms with E-state index >= 15 is 0 Å². The summed E-state index contributed by atoms with van der Waals surface area (Å²) in [4.78, 5) is 39.9. The second-order valence-electron chi connectivity index (χ2n) is 9.63. The third kappa shape index (κ3) is 3.73. The maximum Gasteiger partial charge on any atom is 0.269 e. The van der Waals surface area contributed by atoms with Gasteiger partial charge in [0, 0.05) is 29.5 Å². The second-order valence-corrected chi connectivity index (χ2v) is 9.63. The number of fused-ring (bicyclic) bond motifs is 2. The van der Waals surface area contributed by atoms with Crippen LogP contribution in [0.1, 0.15) is 41.2 Å². The van der Waals surface area contributed by atoms with E-state index in [1.807, 2.05) is 0 Å². The van der Waals surface area contributed by atoms with Crippen LogP contribution in [0.15, 0.2) is 42.5 Å². The predicted octanol–water partition coefficient (Wildman–Crippen LogP) is 2.08. The molecule has 0 spiro atoms. The number of carbonyl (C=O) groups excluding carboxylic acids is 3. The Morgan fingerprint density at radius 1 is 1.09 bits per heavy atom. The Morgan fingerprint density at radius 3 is 2.66 bits per heavy atom. The number of aromatic nitrogens is 2. The topological polar surface area (TPSA) is 110 Å². The van der Waals surface area contributed by atoms with E-state index in [-0.39, 0.29) is 48.0 Å². The first-order valence-electron chi connectivity index (χ1n) is 11.6. The van der Waals surface area contributed by atoms with Crippen LogP contribution in [0.5, 0.6) is 0 Å². The number of nitrogens with one attached hydrogen (secondary N) is 1. The molecule has 3 unspecified atom stereocenters. The van der Waals surface area contributed by atoms with Gasteiger partial charge in [-0.05, 0) is 42.9 Å². The summed E-state index contributed by atoms with van der Waals surface area (Å²) in [6, 6.07) is 9.67. The van der Waals surface area contributed by atoms with E-state index in [9.17, 15) is 23.2 Å². The van der Waals surface area contributed by atoms with Crippen LogP contribution >= 0.6 is 0 Å². The van der Waals surface area contributed by atoms with Crippen LogP contribution in [0.25, 0.3) is 10.9 Å². The molecule has 3 N–H and O–H groups in total. The van der Waals surface area contributed by atoms with E-state index in [4.69, 9.17) is 5.73 Å². The molecule has 3 aromatic rings. The number of hydrogen-bond donors (Lipinski definition) is 2. The Morgan fingerprint density at radius 2 is 1.89 bits per heavy atom. The van der Waals surface area contributed by atoms with Crippen molar-refractivity contribution in [2.75, 3.05) is 0 Å². The van der Waals surface area contributed by atoms with Crippen molar-refractivity contribution < 1.29 is 23.2 Å². The smallest absolute Gasteiger partial charge is 0.269 e. The standard InChI is InChI=1S/C25H23F2N5O3/c26-13-5-6-14(17(27)9-13)16-10-18(16)29-25(35)21-8-12-7-20(12)32(21)22(33)11-31-19-4-2-1-3-15(19)23(30-31)24(28)34/h1-6,9,12,16,18,20-21H,7-8,10-11H2,(H2,28,34)(H,29,35)/t12-,16?,18?,20?,21+/m1/s1. The van der Waals surface area contributed by atoms with Gasteiger partial charge in [0.25, 0.3) is 5.91 Å². The number of amides is 3. The zero-order valence-electron chi connectivity index (χ0n) is 18.7. The van der Waals surface area contributed by atoms with E-state index in [1.165, 1.54) is 16.8 Å². The second kappa shape index (κ2) is 7.86. The van der Waals surface area contributed by atoms with Crippen molar-refractivity contribution in [1.29, 1.82) is 0 Å². The summed E-state index contributed by atoms with van der Waals surface area (Å²) in [6.45, 7) is -0.117. The fourth-order valence-corrected chi connectivity index (χ4v) is 5.47. The number of rotatable bonds is 6. The maximum absolute atomic E-state index is 14.1. The molecule has 1 saturated heterocycles. The molecule has 2 heterocycles. The van der Waals surface area contributed by atoms with Crippen molar-refractivity contribution >= 4 is 28.6 Å². The lowest BCUT2D eigenvalue weighted by Crippen LogP contribution is -2.49. The average molecular weight is 479 g/mol. The zero-order chi connectivity index (χ0) is 24.4. The maximum atomic E-state index is 14.1. The number of likely N-dealkylation sites (tertiary alicyclic amines) is 1. The number of hydrogen-bond acceptors (Lipinski definition) is 4. The van der Waals surface area contributed by atoms with E-state index < -0.39 is 23.6 Å². The summed E-state index contributed by atoms with van der Waals surface area (Å²) in [5, 5.41) is 7.77. The summed E-state index contributed by atoms with van der Waals surface area (Å²) in [7, 11) is 0. The predicted molar refractivity (Wildman–Crippen MR) is 121 cm³/mol. The lowest BCUT2D eigenvalue weighted by molar-refractivity contribution is -0.140. The minimum Gasteiger partial charge on any atom is -0.364 e. The first-order chi connectivity index (χ1) is 16.8. The molecule has 2 saturated carbocycles. The molecular formula is C25H23F2N5O3. The van der Waals surface area contributed by atoms with Gasteiger partial charge in [0.2, 0.25) is 11.8 Å². The molecule has 0 bridgehead atoms. The largest absolute Gasteiger partial charge is 0.364 e. The van der Waals surface area contributed by atoms with Gasteiger partial charge in [-0.2, -0.15) is 5.10 Å². The van der Waals surface area contributed by atoms with Crippen LogP contribution in [0.2, 0.25) is 0 Å². The molecule has 2 aromatic carbocycles. The Balaban J connectivity index is 1.17. The first kappa shape index (κ1) is 21.7. The summed E-state index contributed by atoms with van der Waals surface area (Å²) in [5.74, 6) is -2.37. The molecular weight excluding hydrogens is 456 g/mol. The van der Waals surface area contributed by atoms with Crippen molar-refractivity contribution in [3.8, 4) is 0 Å². The molecule has 1 aromatic heterocycles. The summed E-state index contributed by atoms with van der Waals surface area (Å²) in [5.41, 5.74) is 6.55. The molecule has 5 atom stereocenters. The van der Waals surface area contributed by atoms with Gasteiger partial charge in [0.05, 0.1) is 5.52 Å². The number of para-hydroxylation sites is 1. The highest BCUT2D eigenvalue weighted by Crippen LogP contribution is 2.49. The van der Waals surface area contributed by atoms with Crippen LogP contribution in [0.4, 0.5) is 8.78 Å². The van der Waals surface area contributed by atoms with Crippen molar-refractivity contribution in [1.82, 2.24) is 20.0 Å². The van der Waals surface area contributed by atoms with E-state index in [2.05, 4.69) is 10.4 Å². The molecule has 0 radical (unpaired) electrons. The molecule has 35 heavy (non-hydrogen) atoms. The van der Waals surface area contributed by atoms with E-state index in [0.29, 0.717) is 29.3 Å². The number of primary amides is 1. The van der Waals surface area contributed by atoms with Gasteiger partial charge >= 0.3 is 0 Å². The number of nitrogens with zero attached hydrogens (tertiary/aromatic N) is 3. The van der Waals surface area contributed by atoms with Gasteiger partial charge in [0.15, 0.2) is 5.69 Å². The van der Waals surface area contributed by atoms with Crippen LogP contribution < -0.4 is 11.1 Å². The van der Waals surface area contributed by atoms with Crippen LogP contribution in [0.3, 0.4) is 0 Å². The lowest BCUT2D eigenvalue weighted by atomic mass is 10.1. The average Bonchev–Trinajstić information content (AvgIpc) is 3.69. The summed E-state index contributed by atoms with van der Waals surface area (Å²) < 4.78 is 28.8. The number of piperidine rings is 1. The molecule has 10 heteroatoms. The van der Waals surface area contributed by atoms with Crippen molar-refractivity contribution in [2.24, 2.45) is 11.7 Å². The number of carbonyl (C=O) groups is 3. The van der Waals surface area contributed by atoms with Crippen LogP contribution in [-0.4, -0.2) is 50.5 Å². The first-order valence-corrected chi connectivity index (χ1v) is 11.6. The number of nitrogens with two attached hydrogens (primary N) is 1. The summed E-state index contributed by atoms with van der Waals surface area (Å²) in [6.07, 6.45) is 2.00. The van der Waals surface area contributed by atoms with Crippen molar-refractivity contribution in [3.63, 3.8) is 0 Å². The monoisotopic (exact) mass is 479 g/mol. The van der Waals surface area contributed by atoms with Crippen molar-refractivity contribution in [2.45, 2.75) is 49.9 Å².